The lowest BCUT2D eigenvalue weighted by molar-refractivity contribution is 0.358. The molecular weight excluding hydrogens is 270 g/mol. The molecule has 1 aromatic heterocycles. The molecule has 2 heterocycles. The third kappa shape index (κ3) is 2.67. The molecule has 0 saturated carbocycles. The Morgan fingerprint density at radius 3 is 2.41 bits per heavy atom. The monoisotopic (exact) mass is 299 g/mol. The molecule has 22 heavy (non-hydrogen) atoms. The van der Waals surface area contributed by atoms with E-state index in [0.717, 1.165) is 13.1 Å². The summed E-state index contributed by atoms with van der Waals surface area (Å²) < 4.78 is 2.58. The predicted molar refractivity (Wildman–Crippen MR) is 93.7 cm³/mol. The van der Waals surface area contributed by atoms with E-state index in [1.807, 2.05) is 0 Å². The minimum atomic E-state index is 0.572. The van der Waals surface area contributed by atoms with Crippen LogP contribution < -0.4 is 5.32 Å². The Kier molecular flexibility index (Phi) is 4.53. The second-order valence-corrected chi connectivity index (χ2v) is 6.76. The number of hydrogen-bond donors (Lipinski definition) is 1. The summed E-state index contributed by atoms with van der Waals surface area (Å²) in [7, 11) is 0. The number of benzene rings is 1. The predicted octanol–water partition coefficient (Wildman–Crippen LogP) is 4.48. The van der Waals surface area contributed by atoms with E-state index in [4.69, 9.17) is 4.98 Å². The largest absolute Gasteiger partial charge is 0.325 e. The number of nitrogens with one attached hydrogen (secondary N) is 1. The smallest absolute Gasteiger partial charge is 0.113 e. The molecule has 3 nitrogen and oxygen atoms in total. The van der Waals surface area contributed by atoms with Crippen LogP contribution in [0.25, 0.3) is 11.0 Å². The summed E-state index contributed by atoms with van der Waals surface area (Å²) in [6, 6.07) is 5.23. The van der Waals surface area contributed by atoms with E-state index in [2.05, 4.69) is 49.7 Å². The van der Waals surface area contributed by atoms with Crippen LogP contribution in [0.1, 0.15) is 68.4 Å². The molecule has 1 aromatic carbocycles. The topological polar surface area (TPSA) is 29.9 Å². The zero-order valence-corrected chi connectivity index (χ0v) is 14.4. The standard InChI is InChI=1S/C19H29N3/c1-5-15(6-2)19-21-17-11-13(3)14(4)12-18(17)22(19)16-7-9-20-10-8-16/h11-12,15-16,20H,5-10H2,1-4H3. The second-order valence-electron chi connectivity index (χ2n) is 6.76. The molecule has 1 saturated heterocycles. The number of rotatable bonds is 4. The minimum absolute atomic E-state index is 0.572. The zero-order valence-electron chi connectivity index (χ0n) is 14.4. The SMILES string of the molecule is CCC(CC)c1nc2cc(C)c(C)cc2n1C1CCNCC1. The summed E-state index contributed by atoms with van der Waals surface area (Å²) in [5.41, 5.74) is 5.25. The van der Waals surface area contributed by atoms with Crippen LogP contribution in [0.4, 0.5) is 0 Å². The number of fused-ring (bicyclic) bond motifs is 1. The van der Waals surface area contributed by atoms with Crippen molar-refractivity contribution in [1.82, 2.24) is 14.9 Å². The van der Waals surface area contributed by atoms with Crippen LogP contribution in [0.3, 0.4) is 0 Å². The van der Waals surface area contributed by atoms with E-state index in [-0.39, 0.29) is 0 Å². The lowest BCUT2D eigenvalue weighted by Gasteiger charge is -2.28. The normalized spacial score (nSPS) is 16.8. The van der Waals surface area contributed by atoms with Crippen molar-refractivity contribution in [3.63, 3.8) is 0 Å². The first kappa shape index (κ1) is 15.5. The van der Waals surface area contributed by atoms with Gasteiger partial charge >= 0.3 is 0 Å². The van der Waals surface area contributed by atoms with E-state index in [1.54, 1.807) is 0 Å². The maximum absolute atomic E-state index is 5.07. The molecule has 0 amide bonds. The maximum atomic E-state index is 5.07. The van der Waals surface area contributed by atoms with Crippen molar-refractivity contribution < 1.29 is 0 Å². The lowest BCUT2D eigenvalue weighted by atomic mass is 10.00. The molecule has 1 aliphatic rings. The van der Waals surface area contributed by atoms with Gasteiger partial charge in [-0.15, -0.1) is 0 Å². The number of nitrogens with zero attached hydrogens (tertiary/aromatic N) is 2. The molecule has 0 aliphatic carbocycles. The van der Waals surface area contributed by atoms with E-state index in [0.29, 0.717) is 12.0 Å². The van der Waals surface area contributed by atoms with Crippen molar-refractivity contribution in [2.75, 3.05) is 13.1 Å². The number of hydrogen-bond acceptors (Lipinski definition) is 2. The molecular formula is C19H29N3. The number of aryl methyl sites for hydroxylation is 2. The fraction of sp³-hybridized carbons (Fsp3) is 0.632. The van der Waals surface area contributed by atoms with Crippen molar-refractivity contribution >= 4 is 11.0 Å². The first-order valence-electron chi connectivity index (χ1n) is 8.85. The lowest BCUT2D eigenvalue weighted by Crippen LogP contribution is -2.30. The van der Waals surface area contributed by atoms with Crippen LogP contribution in [0.5, 0.6) is 0 Å². The van der Waals surface area contributed by atoms with Gasteiger partial charge in [-0.25, -0.2) is 4.98 Å². The molecule has 0 spiro atoms. The van der Waals surface area contributed by atoms with Gasteiger partial charge in [-0.2, -0.15) is 0 Å². The van der Waals surface area contributed by atoms with Crippen molar-refractivity contribution in [2.24, 2.45) is 0 Å². The van der Waals surface area contributed by atoms with Gasteiger partial charge in [0, 0.05) is 12.0 Å². The van der Waals surface area contributed by atoms with Gasteiger partial charge in [-0.1, -0.05) is 13.8 Å². The summed E-state index contributed by atoms with van der Waals surface area (Å²) in [4.78, 5) is 5.07. The highest BCUT2D eigenvalue weighted by molar-refractivity contribution is 5.78. The summed E-state index contributed by atoms with van der Waals surface area (Å²) in [5.74, 6) is 1.89. The molecule has 0 atom stereocenters. The third-order valence-corrected chi connectivity index (χ3v) is 5.36. The average molecular weight is 299 g/mol. The van der Waals surface area contributed by atoms with Crippen molar-refractivity contribution in [1.29, 1.82) is 0 Å². The van der Waals surface area contributed by atoms with E-state index >= 15 is 0 Å². The fourth-order valence-corrected chi connectivity index (χ4v) is 3.76. The highest BCUT2D eigenvalue weighted by atomic mass is 15.1. The van der Waals surface area contributed by atoms with Crippen molar-refractivity contribution in [3.8, 4) is 0 Å². The van der Waals surface area contributed by atoms with Gasteiger partial charge in [-0.3, -0.25) is 0 Å². The Balaban J connectivity index is 2.18. The van der Waals surface area contributed by atoms with Gasteiger partial charge in [0.05, 0.1) is 11.0 Å². The second kappa shape index (κ2) is 6.41. The first-order valence-corrected chi connectivity index (χ1v) is 8.85. The van der Waals surface area contributed by atoms with Crippen LogP contribution in [0.15, 0.2) is 12.1 Å². The summed E-state index contributed by atoms with van der Waals surface area (Å²) >= 11 is 0. The van der Waals surface area contributed by atoms with Crippen molar-refractivity contribution in [2.45, 2.75) is 65.3 Å². The Bertz CT molecular complexity index is 646. The number of piperidine rings is 1. The van der Waals surface area contributed by atoms with Crippen LogP contribution >= 0.6 is 0 Å². The average Bonchev–Trinajstić information content (AvgIpc) is 2.88. The zero-order chi connectivity index (χ0) is 15.7. The van der Waals surface area contributed by atoms with E-state index < -0.39 is 0 Å². The van der Waals surface area contributed by atoms with Crippen LogP contribution in [0, 0.1) is 13.8 Å². The third-order valence-electron chi connectivity index (χ3n) is 5.36. The molecule has 1 N–H and O–H groups in total. The van der Waals surface area contributed by atoms with E-state index in [9.17, 15) is 0 Å². The summed E-state index contributed by atoms with van der Waals surface area (Å²) in [6.45, 7) is 11.2. The molecule has 3 heteroatoms. The Morgan fingerprint density at radius 1 is 1.14 bits per heavy atom. The number of aromatic nitrogens is 2. The Hall–Kier alpha value is -1.35. The van der Waals surface area contributed by atoms with E-state index in [1.165, 1.54) is 53.7 Å². The molecule has 0 bridgehead atoms. The highest BCUT2D eigenvalue weighted by Crippen LogP contribution is 2.33. The Labute approximate surface area is 134 Å². The molecule has 0 radical (unpaired) electrons. The van der Waals surface area contributed by atoms with Gasteiger partial charge in [-0.05, 0) is 75.9 Å². The molecule has 1 aliphatic heterocycles. The molecule has 0 unspecified atom stereocenters. The summed E-state index contributed by atoms with van der Waals surface area (Å²) in [5, 5.41) is 3.49. The number of imidazole rings is 1. The van der Waals surface area contributed by atoms with Gasteiger partial charge in [0.15, 0.2) is 0 Å². The highest BCUT2D eigenvalue weighted by Gasteiger charge is 2.24. The molecule has 3 rings (SSSR count). The Morgan fingerprint density at radius 2 is 1.77 bits per heavy atom. The maximum Gasteiger partial charge on any atom is 0.113 e. The summed E-state index contributed by atoms with van der Waals surface area (Å²) in [6.07, 6.45) is 4.77. The van der Waals surface area contributed by atoms with Gasteiger partial charge in [0.25, 0.3) is 0 Å². The van der Waals surface area contributed by atoms with Gasteiger partial charge in [0.1, 0.15) is 5.82 Å². The van der Waals surface area contributed by atoms with Crippen LogP contribution in [-0.4, -0.2) is 22.6 Å². The molecule has 120 valence electrons. The van der Waals surface area contributed by atoms with Gasteiger partial charge in [0.2, 0.25) is 0 Å². The molecule has 1 fully saturated rings. The first-order chi connectivity index (χ1) is 10.7. The van der Waals surface area contributed by atoms with Crippen LogP contribution in [-0.2, 0) is 0 Å². The van der Waals surface area contributed by atoms with Gasteiger partial charge < -0.3 is 9.88 Å². The van der Waals surface area contributed by atoms with Crippen LogP contribution in [0.2, 0.25) is 0 Å². The minimum Gasteiger partial charge on any atom is -0.325 e. The quantitative estimate of drug-likeness (QED) is 0.902. The fourth-order valence-electron chi connectivity index (χ4n) is 3.76. The molecule has 2 aromatic rings. The van der Waals surface area contributed by atoms with Crippen molar-refractivity contribution in [3.05, 3.63) is 29.1 Å².